The highest BCUT2D eigenvalue weighted by Crippen LogP contribution is 2.34. The molecule has 0 unspecified atom stereocenters. The summed E-state index contributed by atoms with van der Waals surface area (Å²) < 4.78 is 25.2. The maximum absolute atomic E-state index is 12.3. The number of nitrogens with one attached hydrogen (secondary N) is 1. The molecule has 4 rings (SSSR count). The fraction of sp³-hybridized carbons (Fsp3) is 0.346. The predicted octanol–water partition coefficient (Wildman–Crippen LogP) is 3.62. The van der Waals surface area contributed by atoms with E-state index in [1.807, 2.05) is 25.1 Å². The van der Waals surface area contributed by atoms with Crippen molar-refractivity contribution in [1.29, 1.82) is 0 Å². The van der Waals surface area contributed by atoms with Gasteiger partial charge in [0, 0.05) is 31.6 Å². The topological polar surface area (TPSA) is 116 Å². The van der Waals surface area contributed by atoms with E-state index in [4.69, 9.17) is 0 Å². The number of H-pyrrole nitrogens is 1. The lowest BCUT2D eigenvalue weighted by Crippen LogP contribution is -2.37. The van der Waals surface area contributed by atoms with Gasteiger partial charge >= 0.3 is 0 Å². The zero-order chi connectivity index (χ0) is 25.0. The zero-order valence-electron chi connectivity index (χ0n) is 19.9. The summed E-state index contributed by atoms with van der Waals surface area (Å²) in [7, 11) is -3.15. The van der Waals surface area contributed by atoms with Crippen LogP contribution in [-0.2, 0) is 10.0 Å². The Labute approximate surface area is 205 Å². The molecule has 1 aliphatic rings. The van der Waals surface area contributed by atoms with Crippen molar-refractivity contribution in [2.24, 2.45) is 5.16 Å². The molecule has 9 heteroatoms. The van der Waals surface area contributed by atoms with Crippen molar-refractivity contribution in [2.75, 3.05) is 19.3 Å². The van der Waals surface area contributed by atoms with Crippen molar-refractivity contribution in [3.05, 3.63) is 99.0 Å². The number of aryl methyl sites for hydroxylation is 1. The minimum Gasteiger partial charge on any atom is -0.411 e. The van der Waals surface area contributed by atoms with Gasteiger partial charge in [-0.05, 0) is 54.0 Å². The third-order valence-corrected chi connectivity index (χ3v) is 8.16. The largest absolute Gasteiger partial charge is 0.411 e. The number of piperidine rings is 1. The van der Waals surface area contributed by atoms with Gasteiger partial charge in [0.1, 0.15) is 0 Å². The third-order valence-electron chi connectivity index (χ3n) is 6.85. The van der Waals surface area contributed by atoms with Gasteiger partial charge in [-0.2, -0.15) is 5.10 Å². The average molecular weight is 495 g/mol. The van der Waals surface area contributed by atoms with Crippen molar-refractivity contribution < 1.29 is 13.6 Å². The average Bonchev–Trinajstić information content (AvgIpc) is 2.86. The van der Waals surface area contributed by atoms with Crippen LogP contribution in [0.4, 0.5) is 0 Å². The maximum atomic E-state index is 12.3. The molecule has 35 heavy (non-hydrogen) atoms. The van der Waals surface area contributed by atoms with Gasteiger partial charge in [-0.15, -0.1) is 0 Å². The number of benzene rings is 2. The van der Waals surface area contributed by atoms with Crippen molar-refractivity contribution >= 4 is 15.7 Å². The van der Waals surface area contributed by atoms with Gasteiger partial charge in [0.05, 0.1) is 17.5 Å². The third kappa shape index (κ3) is 5.68. The second-order valence-corrected chi connectivity index (χ2v) is 11.0. The number of sulfonamides is 1. The molecular weight excluding hydrogens is 464 g/mol. The molecule has 0 radical (unpaired) electrons. The summed E-state index contributed by atoms with van der Waals surface area (Å²) in [5.41, 5.74) is 4.60. The van der Waals surface area contributed by atoms with Crippen LogP contribution in [0.3, 0.4) is 0 Å². The van der Waals surface area contributed by atoms with Crippen molar-refractivity contribution in [3.63, 3.8) is 0 Å². The molecule has 1 aromatic heterocycles. The van der Waals surface area contributed by atoms with Crippen LogP contribution in [0.25, 0.3) is 0 Å². The summed E-state index contributed by atoms with van der Waals surface area (Å²) in [4.78, 5) is 12.3. The van der Waals surface area contributed by atoms with Crippen LogP contribution < -0.4 is 5.56 Å². The smallest absolute Gasteiger partial charge is 0.273 e. The molecule has 2 aromatic carbocycles. The summed E-state index contributed by atoms with van der Waals surface area (Å²) in [5.74, 6) is 0.180. The normalized spacial score (nSPS) is 16.8. The van der Waals surface area contributed by atoms with Crippen LogP contribution in [0.15, 0.2) is 70.7 Å². The van der Waals surface area contributed by atoms with Gasteiger partial charge in [-0.25, -0.2) is 17.8 Å². The lowest BCUT2D eigenvalue weighted by atomic mass is 9.82. The van der Waals surface area contributed by atoms with Crippen LogP contribution in [-0.4, -0.2) is 53.2 Å². The number of nitrogens with zero attached hydrogens (tertiary/aromatic N) is 3. The number of hydrogen-bond donors (Lipinski definition) is 2. The highest BCUT2D eigenvalue weighted by atomic mass is 32.2. The van der Waals surface area contributed by atoms with Crippen LogP contribution in [0, 0.1) is 6.92 Å². The molecule has 184 valence electrons. The summed E-state index contributed by atoms with van der Waals surface area (Å²) in [5, 5.41) is 19.4. The van der Waals surface area contributed by atoms with E-state index in [1.165, 1.54) is 18.0 Å². The van der Waals surface area contributed by atoms with E-state index in [0.717, 1.165) is 29.5 Å². The van der Waals surface area contributed by atoms with Crippen molar-refractivity contribution in [1.82, 2.24) is 14.5 Å². The molecule has 0 saturated carbocycles. The fourth-order valence-corrected chi connectivity index (χ4v) is 5.75. The lowest BCUT2D eigenvalue weighted by molar-refractivity contribution is 0.317. The molecule has 0 amide bonds. The first kappa shape index (κ1) is 24.8. The Hall–Kier alpha value is -3.30. The Kier molecular flexibility index (Phi) is 7.47. The Balaban J connectivity index is 1.62. The number of rotatable bonds is 7. The van der Waals surface area contributed by atoms with E-state index in [0.29, 0.717) is 31.1 Å². The molecule has 1 aliphatic heterocycles. The van der Waals surface area contributed by atoms with Crippen LogP contribution in [0.1, 0.15) is 58.9 Å². The Bertz CT molecular complexity index is 1360. The molecular formula is C26H30N4O4S. The Morgan fingerprint density at radius 3 is 2.43 bits per heavy atom. The van der Waals surface area contributed by atoms with Gasteiger partial charge in [-0.1, -0.05) is 53.7 Å². The van der Waals surface area contributed by atoms with Crippen LogP contribution in [0.2, 0.25) is 0 Å². The first-order valence-corrected chi connectivity index (χ1v) is 13.5. The van der Waals surface area contributed by atoms with E-state index >= 15 is 0 Å². The SMILES string of the molecule is Cc1ccccc1[C@H](C/C(=N\O)c1ccn[nH]c1=O)c1ccc(C2CCN(S(C)(=O)=O)CC2)cc1. The van der Waals surface area contributed by atoms with E-state index in [1.54, 1.807) is 10.4 Å². The van der Waals surface area contributed by atoms with Crippen LogP contribution >= 0.6 is 0 Å². The zero-order valence-corrected chi connectivity index (χ0v) is 20.7. The van der Waals surface area contributed by atoms with Gasteiger partial charge in [-0.3, -0.25) is 4.79 Å². The number of aromatic amines is 1. The highest BCUT2D eigenvalue weighted by Gasteiger charge is 2.26. The van der Waals surface area contributed by atoms with Gasteiger partial charge in [0.25, 0.3) is 5.56 Å². The summed E-state index contributed by atoms with van der Waals surface area (Å²) >= 11 is 0. The summed E-state index contributed by atoms with van der Waals surface area (Å²) in [6, 6.07) is 18.0. The number of oxime groups is 1. The molecule has 0 bridgehead atoms. The molecule has 0 aliphatic carbocycles. The second kappa shape index (κ2) is 10.5. The molecule has 2 heterocycles. The minimum atomic E-state index is -3.15. The lowest BCUT2D eigenvalue weighted by Gasteiger charge is -2.30. The second-order valence-electron chi connectivity index (χ2n) is 9.06. The van der Waals surface area contributed by atoms with Crippen molar-refractivity contribution in [3.8, 4) is 0 Å². The first-order chi connectivity index (χ1) is 16.8. The molecule has 0 spiro atoms. The Morgan fingerprint density at radius 2 is 1.83 bits per heavy atom. The Morgan fingerprint density at radius 1 is 1.14 bits per heavy atom. The molecule has 1 atom stereocenters. The number of hydrogen-bond acceptors (Lipinski definition) is 6. The standard InChI is InChI=1S/C26H30N4O4S/c1-18-5-3-4-6-22(18)24(17-25(29-32)23-11-14-27-28-26(23)31)21-9-7-19(8-10-21)20-12-15-30(16-13-20)35(2,33)34/h3-11,14,20,24,32H,12-13,15-17H2,1-2H3,(H,28,31)/b29-25+/t24-/m1/s1. The molecule has 1 saturated heterocycles. The van der Waals surface area contributed by atoms with E-state index in [2.05, 4.69) is 45.7 Å². The summed E-state index contributed by atoms with van der Waals surface area (Å²) in [6.45, 7) is 3.11. The van der Waals surface area contributed by atoms with E-state index < -0.39 is 15.6 Å². The minimum absolute atomic E-state index is 0.129. The molecule has 8 nitrogen and oxygen atoms in total. The monoisotopic (exact) mass is 494 g/mol. The van der Waals surface area contributed by atoms with Gasteiger partial charge in [0.15, 0.2) is 0 Å². The molecule has 1 fully saturated rings. The molecule has 3 aromatic rings. The molecule has 2 N–H and O–H groups in total. The quantitative estimate of drug-likeness (QED) is 0.296. The van der Waals surface area contributed by atoms with Gasteiger partial charge in [0.2, 0.25) is 10.0 Å². The van der Waals surface area contributed by atoms with Gasteiger partial charge < -0.3 is 5.21 Å². The van der Waals surface area contributed by atoms with E-state index in [-0.39, 0.29) is 11.5 Å². The van der Waals surface area contributed by atoms with E-state index in [9.17, 15) is 18.4 Å². The predicted molar refractivity (Wildman–Crippen MR) is 136 cm³/mol. The highest BCUT2D eigenvalue weighted by molar-refractivity contribution is 7.88. The fourth-order valence-electron chi connectivity index (χ4n) is 4.88. The van der Waals surface area contributed by atoms with Crippen LogP contribution in [0.5, 0.6) is 0 Å². The first-order valence-electron chi connectivity index (χ1n) is 11.6. The number of aromatic nitrogens is 2. The summed E-state index contributed by atoms with van der Waals surface area (Å²) in [6.07, 6.45) is 4.65. The van der Waals surface area contributed by atoms with Crippen molar-refractivity contribution in [2.45, 2.75) is 38.0 Å². The maximum Gasteiger partial charge on any atom is 0.273 e.